The molecular formula is C23H19F3N3NaO6S2. The molecule has 2 heterocycles. The van der Waals surface area contributed by atoms with Crippen molar-refractivity contribution >= 4 is 67.8 Å². The summed E-state index contributed by atoms with van der Waals surface area (Å²) in [5, 5.41) is 8.92. The number of imidazole rings is 1. The normalized spacial score (nSPS) is 12.7. The van der Waals surface area contributed by atoms with Gasteiger partial charge in [-0.15, -0.1) is 0 Å². The first-order chi connectivity index (χ1) is 17.4. The quantitative estimate of drug-likeness (QED) is 0.249. The molecule has 0 bridgehead atoms. The Hall–Kier alpha value is -2.62. The number of benzene rings is 2. The second kappa shape index (κ2) is 11.6. The van der Waals surface area contributed by atoms with E-state index in [-0.39, 0.29) is 79.0 Å². The molecule has 0 aliphatic rings. The van der Waals surface area contributed by atoms with Crippen LogP contribution in [0.2, 0.25) is 0 Å². The van der Waals surface area contributed by atoms with Crippen LogP contribution in [0.3, 0.4) is 0 Å². The van der Waals surface area contributed by atoms with E-state index in [1.165, 1.54) is 49.5 Å². The predicted molar refractivity (Wildman–Crippen MR) is 134 cm³/mol. The fourth-order valence-electron chi connectivity index (χ4n) is 3.46. The summed E-state index contributed by atoms with van der Waals surface area (Å²) in [6.07, 6.45) is -3.36. The number of pyridine rings is 1. The summed E-state index contributed by atoms with van der Waals surface area (Å²) in [5.74, 6) is -1.81. The summed E-state index contributed by atoms with van der Waals surface area (Å²) in [6, 6.07) is 12.1. The van der Waals surface area contributed by atoms with Crippen LogP contribution in [0.1, 0.15) is 21.6 Å². The van der Waals surface area contributed by atoms with Gasteiger partial charge in [-0.25, -0.2) is 13.2 Å². The average Bonchev–Trinajstić information content (AvgIpc) is 3.25. The van der Waals surface area contributed by atoms with Crippen molar-refractivity contribution in [1.82, 2.24) is 13.9 Å². The molecule has 38 heavy (non-hydrogen) atoms. The second-order valence-corrected chi connectivity index (χ2v) is 10.9. The number of hydrogen-bond donors (Lipinski definition) is 1. The Labute approximate surface area is 240 Å². The summed E-state index contributed by atoms with van der Waals surface area (Å²) in [4.78, 5) is 19.3. The molecular weight excluding hydrogens is 558 g/mol. The molecule has 0 fully saturated rings. The van der Waals surface area contributed by atoms with E-state index in [4.69, 9.17) is 4.74 Å². The van der Waals surface area contributed by atoms with Gasteiger partial charge in [0.25, 0.3) is 10.0 Å². The number of aromatic nitrogens is 3. The number of alkyl halides is 3. The first-order valence-corrected chi connectivity index (χ1v) is 13.2. The second-order valence-electron chi connectivity index (χ2n) is 7.76. The molecule has 15 heteroatoms. The average molecular weight is 578 g/mol. The van der Waals surface area contributed by atoms with Crippen LogP contribution < -0.4 is 4.74 Å². The molecule has 1 atom stereocenters. The van der Waals surface area contributed by atoms with Gasteiger partial charge in [-0.3, -0.25) is 4.98 Å². The first-order valence-electron chi connectivity index (χ1n) is 10.5. The predicted octanol–water partition coefficient (Wildman–Crippen LogP) is 3.28. The maximum absolute atomic E-state index is 13.6. The van der Waals surface area contributed by atoms with Crippen LogP contribution in [0.25, 0.3) is 11.0 Å². The zero-order chi connectivity index (χ0) is 27.0. The van der Waals surface area contributed by atoms with Crippen molar-refractivity contribution in [2.24, 2.45) is 0 Å². The van der Waals surface area contributed by atoms with E-state index in [9.17, 15) is 36.0 Å². The van der Waals surface area contributed by atoms with Crippen LogP contribution in [0.5, 0.6) is 5.75 Å². The standard InChI is InChI=1S/C23H18F3N3O6S2.Na.H/c1-14-18(27-10-9-20(14)35-13-23(24,25)26)12-36(32)22-28-17-7-2-3-8-19(17)29(22)37(33,34)16-6-4-5-15(11-16)21(30)31;;/h2-11H,12-13H2,1H3,(H,30,31);;. The molecule has 2 aromatic carbocycles. The molecule has 0 spiro atoms. The Bertz CT molecular complexity index is 1600. The Morgan fingerprint density at radius 2 is 1.87 bits per heavy atom. The van der Waals surface area contributed by atoms with Gasteiger partial charge in [0.1, 0.15) is 5.75 Å². The third-order valence-corrected chi connectivity index (χ3v) is 8.26. The number of ether oxygens (including phenoxy) is 1. The van der Waals surface area contributed by atoms with Crippen molar-refractivity contribution in [2.45, 2.75) is 28.9 Å². The van der Waals surface area contributed by atoms with Crippen molar-refractivity contribution < 1.29 is 40.8 Å². The number of nitrogens with zero attached hydrogens (tertiary/aromatic N) is 3. The van der Waals surface area contributed by atoms with E-state index in [0.29, 0.717) is 0 Å². The number of carboxylic acids is 1. The molecule has 9 nitrogen and oxygen atoms in total. The van der Waals surface area contributed by atoms with Crippen LogP contribution >= 0.6 is 0 Å². The van der Waals surface area contributed by atoms with Crippen molar-refractivity contribution in [3.05, 3.63) is 77.6 Å². The summed E-state index contributed by atoms with van der Waals surface area (Å²) in [7, 11) is -4.46. The molecule has 4 rings (SSSR count). The number of carboxylic acid groups (broad SMARTS) is 1. The van der Waals surface area contributed by atoms with Gasteiger partial charge in [0, 0.05) is 22.9 Å². The molecule has 0 saturated carbocycles. The topological polar surface area (TPSA) is 134 Å². The van der Waals surface area contributed by atoms with Gasteiger partial charge >= 0.3 is 46.9 Å². The summed E-state index contributed by atoms with van der Waals surface area (Å²) in [5.41, 5.74) is 0.402. The van der Waals surface area contributed by atoms with E-state index >= 15 is 0 Å². The molecule has 196 valence electrons. The molecule has 1 N–H and O–H groups in total. The Morgan fingerprint density at radius 3 is 2.55 bits per heavy atom. The fourth-order valence-corrected chi connectivity index (χ4v) is 6.55. The van der Waals surface area contributed by atoms with Gasteiger partial charge in [-0.05, 0) is 43.3 Å². The molecule has 0 amide bonds. The van der Waals surface area contributed by atoms with Crippen LogP contribution in [0, 0.1) is 6.92 Å². The van der Waals surface area contributed by atoms with Crippen LogP contribution in [0.15, 0.2) is 70.8 Å². The van der Waals surface area contributed by atoms with Gasteiger partial charge < -0.3 is 14.4 Å². The van der Waals surface area contributed by atoms with Gasteiger partial charge in [0.2, 0.25) is 0 Å². The van der Waals surface area contributed by atoms with Crippen LogP contribution in [0.4, 0.5) is 13.2 Å². The molecule has 1 unspecified atom stereocenters. The minimum atomic E-state index is -4.56. The monoisotopic (exact) mass is 577 g/mol. The fraction of sp³-hybridized carbons (Fsp3) is 0.174. The first kappa shape index (κ1) is 29.9. The number of fused-ring (bicyclic) bond motifs is 1. The number of para-hydroxylation sites is 2. The summed E-state index contributed by atoms with van der Waals surface area (Å²) >= 11 is -2.14. The van der Waals surface area contributed by atoms with Gasteiger partial charge in [0.05, 0.1) is 27.2 Å². The van der Waals surface area contributed by atoms with Crippen molar-refractivity contribution in [2.75, 3.05) is 6.61 Å². The summed E-state index contributed by atoms with van der Waals surface area (Å²) < 4.78 is 84.0. The number of aromatic carboxylic acids is 1. The molecule has 0 saturated heterocycles. The van der Waals surface area contributed by atoms with E-state index in [2.05, 4.69) is 9.97 Å². The van der Waals surface area contributed by atoms with Gasteiger partial charge in [-0.2, -0.15) is 22.1 Å². The van der Waals surface area contributed by atoms with Crippen molar-refractivity contribution in [3.8, 4) is 5.75 Å². The zero-order valence-electron chi connectivity index (χ0n) is 19.0. The van der Waals surface area contributed by atoms with Gasteiger partial charge in [-0.1, -0.05) is 18.2 Å². The van der Waals surface area contributed by atoms with Crippen molar-refractivity contribution in [1.29, 1.82) is 0 Å². The van der Waals surface area contributed by atoms with E-state index in [1.54, 1.807) is 12.1 Å². The molecule has 0 aliphatic heterocycles. The van der Waals surface area contributed by atoms with E-state index < -0.39 is 40.0 Å². The van der Waals surface area contributed by atoms with E-state index in [1.807, 2.05) is 0 Å². The number of carbonyl (C=O) groups is 1. The molecule has 4 aromatic rings. The third-order valence-electron chi connectivity index (χ3n) is 5.23. The number of rotatable bonds is 8. The molecule has 0 radical (unpaired) electrons. The van der Waals surface area contributed by atoms with Crippen molar-refractivity contribution in [3.63, 3.8) is 0 Å². The summed E-state index contributed by atoms with van der Waals surface area (Å²) in [6.45, 7) is -0.0772. The van der Waals surface area contributed by atoms with Gasteiger partial charge in [0.15, 0.2) is 12.4 Å². The minimum absolute atomic E-state index is 0. The number of halogens is 3. The van der Waals surface area contributed by atoms with E-state index in [0.717, 1.165) is 10.0 Å². The molecule has 0 aliphatic carbocycles. The Balaban J connectivity index is 0.00000400. The zero-order valence-corrected chi connectivity index (χ0v) is 20.6. The SMILES string of the molecule is Cc1c(OCC(F)(F)F)ccnc1C[S+]([O-])c1nc2ccccc2n1S(=O)(=O)c1cccc(C(=O)O)c1.[NaH]. The maximum atomic E-state index is 13.6. The third kappa shape index (κ3) is 6.33. The Kier molecular flexibility index (Phi) is 9.16. The molecule has 2 aromatic heterocycles. The van der Waals surface area contributed by atoms with Crippen LogP contribution in [-0.2, 0) is 27.0 Å². The number of hydrogen-bond acceptors (Lipinski definition) is 7. The Morgan fingerprint density at radius 1 is 1.16 bits per heavy atom. The van der Waals surface area contributed by atoms with Crippen LogP contribution in [-0.4, -0.2) is 80.3 Å².